The van der Waals surface area contributed by atoms with Crippen molar-refractivity contribution in [3.05, 3.63) is 22.4 Å². The molecule has 0 saturated heterocycles. The first-order chi connectivity index (χ1) is 7.54. The van der Waals surface area contributed by atoms with Crippen molar-refractivity contribution in [2.45, 2.75) is 13.5 Å². The van der Waals surface area contributed by atoms with Gasteiger partial charge >= 0.3 is 0 Å². The van der Waals surface area contributed by atoms with Crippen LogP contribution in [0.15, 0.2) is 16.7 Å². The smallest absolute Gasteiger partial charge is 0.291 e. The minimum absolute atomic E-state index is 0.347. The number of rotatable bonds is 5. The van der Waals surface area contributed by atoms with E-state index in [9.17, 15) is 9.59 Å². The Hall–Kier alpha value is -1.34. The van der Waals surface area contributed by atoms with E-state index in [1.165, 1.54) is 0 Å². The molecule has 1 aromatic rings. The first-order valence-electron chi connectivity index (χ1n) is 4.60. The van der Waals surface area contributed by atoms with Gasteiger partial charge in [0.05, 0.1) is 0 Å². The molecule has 7 heteroatoms. The van der Waals surface area contributed by atoms with Gasteiger partial charge in [-0.25, -0.2) is 5.48 Å². The highest BCUT2D eigenvalue weighted by Crippen LogP contribution is 2.14. The average Bonchev–Trinajstić information content (AvgIpc) is 2.59. The van der Waals surface area contributed by atoms with Gasteiger partial charge in [-0.1, -0.05) is 0 Å². The van der Waals surface area contributed by atoms with Gasteiger partial charge in [0.2, 0.25) is 5.91 Å². The molecule has 88 valence electrons. The van der Waals surface area contributed by atoms with Crippen molar-refractivity contribution >= 4 is 27.7 Å². The van der Waals surface area contributed by atoms with Crippen LogP contribution in [0.4, 0.5) is 0 Å². The molecule has 16 heavy (non-hydrogen) atoms. The molecule has 6 nitrogen and oxygen atoms in total. The molecule has 0 radical (unpaired) electrons. The van der Waals surface area contributed by atoms with Crippen molar-refractivity contribution in [2.24, 2.45) is 5.73 Å². The lowest BCUT2D eigenvalue weighted by atomic mass is 10.4. The standard InChI is InChI=1S/C9H12BrN3O3/c1-2-13-4-6(10)3-7(13)9(15)12-16-5-8(11)14/h3-4H,2,5H2,1H3,(H2,11,14)(H,12,15). The maximum absolute atomic E-state index is 11.6. The molecular formula is C9H12BrN3O3. The fourth-order valence-corrected chi connectivity index (χ4v) is 1.62. The van der Waals surface area contributed by atoms with Gasteiger partial charge in [0.15, 0.2) is 6.61 Å². The summed E-state index contributed by atoms with van der Waals surface area (Å²) in [5.74, 6) is -1.07. The number of amides is 2. The van der Waals surface area contributed by atoms with Crippen molar-refractivity contribution < 1.29 is 14.4 Å². The number of halogens is 1. The lowest BCUT2D eigenvalue weighted by molar-refractivity contribution is -0.124. The van der Waals surface area contributed by atoms with E-state index in [1.54, 1.807) is 16.8 Å². The van der Waals surface area contributed by atoms with Crippen LogP contribution in [0.25, 0.3) is 0 Å². The van der Waals surface area contributed by atoms with Crippen molar-refractivity contribution in [1.82, 2.24) is 10.0 Å². The maximum Gasteiger partial charge on any atom is 0.291 e. The Labute approximate surface area is 101 Å². The van der Waals surface area contributed by atoms with Gasteiger partial charge in [-0.05, 0) is 28.9 Å². The number of primary amides is 1. The van der Waals surface area contributed by atoms with E-state index in [1.807, 2.05) is 6.92 Å². The summed E-state index contributed by atoms with van der Waals surface area (Å²) < 4.78 is 2.54. The topological polar surface area (TPSA) is 86.3 Å². The third-order valence-electron chi connectivity index (χ3n) is 1.82. The van der Waals surface area contributed by atoms with Crippen molar-refractivity contribution in [3.63, 3.8) is 0 Å². The first-order valence-corrected chi connectivity index (χ1v) is 5.40. The summed E-state index contributed by atoms with van der Waals surface area (Å²) in [6, 6.07) is 1.66. The van der Waals surface area contributed by atoms with E-state index in [-0.39, 0.29) is 6.61 Å². The number of hydrogen-bond acceptors (Lipinski definition) is 3. The third kappa shape index (κ3) is 3.35. The molecule has 0 aliphatic carbocycles. The van der Waals surface area contributed by atoms with Crippen LogP contribution in [0.5, 0.6) is 0 Å². The van der Waals surface area contributed by atoms with E-state index < -0.39 is 11.8 Å². The fraction of sp³-hybridized carbons (Fsp3) is 0.333. The van der Waals surface area contributed by atoms with Crippen molar-refractivity contribution in [2.75, 3.05) is 6.61 Å². The molecule has 0 aliphatic rings. The van der Waals surface area contributed by atoms with E-state index in [0.29, 0.717) is 12.2 Å². The van der Waals surface area contributed by atoms with E-state index in [4.69, 9.17) is 5.73 Å². The van der Waals surface area contributed by atoms with Gasteiger partial charge in [0, 0.05) is 17.2 Å². The Morgan fingerprint density at radius 1 is 1.62 bits per heavy atom. The molecule has 0 unspecified atom stereocenters. The van der Waals surface area contributed by atoms with Crippen LogP contribution in [0.3, 0.4) is 0 Å². The number of carbonyl (C=O) groups is 2. The van der Waals surface area contributed by atoms with Gasteiger partial charge in [0.1, 0.15) is 5.69 Å². The molecule has 0 aromatic carbocycles. The molecule has 0 aliphatic heterocycles. The van der Waals surface area contributed by atoms with Crippen LogP contribution < -0.4 is 11.2 Å². The number of hydroxylamine groups is 1. The summed E-state index contributed by atoms with van der Waals surface area (Å²) in [6.07, 6.45) is 1.78. The zero-order valence-corrected chi connectivity index (χ0v) is 10.3. The van der Waals surface area contributed by atoms with Crippen molar-refractivity contribution in [1.29, 1.82) is 0 Å². The van der Waals surface area contributed by atoms with Crippen LogP contribution in [0, 0.1) is 0 Å². The minimum atomic E-state index is -0.646. The molecule has 0 atom stereocenters. The third-order valence-corrected chi connectivity index (χ3v) is 2.25. The molecule has 1 rings (SSSR count). The monoisotopic (exact) mass is 289 g/mol. The molecule has 1 heterocycles. The van der Waals surface area contributed by atoms with Crippen LogP contribution in [-0.2, 0) is 16.2 Å². The second kappa shape index (κ2) is 5.66. The Kier molecular flexibility index (Phi) is 4.51. The Morgan fingerprint density at radius 2 is 2.31 bits per heavy atom. The minimum Gasteiger partial charge on any atom is -0.368 e. The summed E-state index contributed by atoms with van der Waals surface area (Å²) in [6.45, 7) is 2.22. The molecule has 1 aromatic heterocycles. The second-order valence-electron chi connectivity index (χ2n) is 3.02. The quantitative estimate of drug-likeness (QED) is 0.770. The maximum atomic E-state index is 11.6. The summed E-state index contributed by atoms with van der Waals surface area (Å²) in [5.41, 5.74) is 7.43. The zero-order valence-electron chi connectivity index (χ0n) is 8.70. The van der Waals surface area contributed by atoms with Crippen LogP contribution in [0.2, 0.25) is 0 Å². The molecule has 0 fully saturated rings. The Balaban J connectivity index is 2.61. The molecule has 0 bridgehead atoms. The van der Waals surface area contributed by atoms with Crippen molar-refractivity contribution in [3.8, 4) is 0 Å². The number of aryl methyl sites for hydroxylation is 1. The Morgan fingerprint density at radius 3 is 2.88 bits per heavy atom. The highest BCUT2D eigenvalue weighted by molar-refractivity contribution is 9.10. The van der Waals surface area contributed by atoms with Crippen LogP contribution >= 0.6 is 15.9 Å². The largest absolute Gasteiger partial charge is 0.368 e. The van der Waals surface area contributed by atoms with Gasteiger partial charge < -0.3 is 10.3 Å². The second-order valence-corrected chi connectivity index (χ2v) is 3.93. The predicted molar refractivity (Wildman–Crippen MR) is 60.4 cm³/mol. The highest BCUT2D eigenvalue weighted by atomic mass is 79.9. The normalized spacial score (nSPS) is 10.1. The van der Waals surface area contributed by atoms with E-state index >= 15 is 0 Å². The number of nitrogens with two attached hydrogens (primary N) is 1. The van der Waals surface area contributed by atoms with Gasteiger partial charge in [-0.15, -0.1) is 0 Å². The molecular weight excluding hydrogens is 278 g/mol. The highest BCUT2D eigenvalue weighted by Gasteiger charge is 2.12. The summed E-state index contributed by atoms with van der Waals surface area (Å²) in [5, 5.41) is 0. The van der Waals surface area contributed by atoms with E-state index in [2.05, 4.69) is 26.2 Å². The molecule has 0 saturated carbocycles. The SMILES string of the molecule is CCn1cc(Br)cc1C(=O)NOCC(N)=O. The van der Waals surface area contributed by atoms with Gasteiger partial charge in [-0.2, -0.15) is 0 Å². The average molecular weight is 290 g/mol. The lowest BCUT2D eigenvalue weighted by Crippen LogP contribution is -2.30. The zero-order chi connectivity index (χ0) is 12.1. The number of nitrogens with zero attached hydrogens (tertiary/aromatic N) is 1. The summed E-state index contributed by atoms with van der Waals surface area (Å²) >= 11 is 3.27. The summed E-state index contributed by atoms with van der Waals surface area (Å²) in [4.78, 5) is 26.6. The fourth-order valence-electron chi connectivity index (χ4n) is 1.15. The number of nitrogens with one attached hydrogen (secondary N) is 1. The molecule has 3 N–H and O–H groups in total. The lowest BCUT2D eigenvalue weighted by Gasteiger charge is -2.06. The van der Waals surface area contributed by atoms with Crippen LogP contribution in [0.1, 0.15) is 17.4 Å². The predicted octanol–water partition coefficient (Wildman–Crippen LogP) is 0.417. The first kappa shape index (κ1) is 12.7. The number of aromatic nitrogens is 1. The molecule has 0 spiro atoms. The molecule has 2 amide bonds. The summed E-state index contributed by atoms with van der Waals surface area (Å²) in [7, 11) is 0. The number of carbonyl (C=O) groups excluding carboxylic acids is 2. The Bertz CT molecular complexity index is 403. The number of hydrogen-bond donors (Lipinski definition) is 2. The van der Waals surface area contributed by atoms with Gasteiger partial charge in [0.25, 0.3) is 5.91 Å². The van der Waals surface area contributed by atoms with E-state index in [0.717, 1.165) is 4.47 Å². The van der Waals surface area contributed by atoms with Crippen LogP contribution in [-0.4, -0.2) is 23.0 Å². The van der Waals surface area contributed by atoms with Gasteiger partial charge in [-0.3, -0.25) is 14.4 Å².